The van der Waals surface area contributed by atoms with Gasteiger partial charge in [-0.1, -0.05) is 141 Å². The van der Waals surface area contributed by atoms with Crippen LogP contribution in [0.3, 0.4) is 0 Å². The Morgan fingerprint density at radius 2 is 1.58 bits per heavy atom. The maximum absolute atomic E-state index is 8.86. The predicted octanol–water partition coefficient (Wildman–Crippen LogP) is 14.3. The van der Waals surface area contributed by atoms with Crippen molar-refractivity contribution in [3.63, 3.8) is 0 Å². The molecule has 0 bridgehead atoms. The minimum Gasteiger partial charge on any atom is -0.305 e. The van der Waals surface area contributed by atoms with Gasteiger partial charge in [0.25, 0.3) is 0 Å². The van der Waals surface area contributed by atoms with Crippen molar-refractivity contribution < 1.29 is 33.8 Å². The number of thiophene rings is 1. The van der Waals surface area contributed by atoms with E-state index < -0.39 is 45.4 Å². The molecule has 8 rings (SSSR count). The standard InChI is InChI=1S/C31H29N2S.C22H32NSi.Ir/c1-19-9-14-24(27-17-21-7-5-6-8-22(21)18-32-27)29-28(19)25-15-16-26(33-30(25)34-29)20-10-12-23(13-11-20)31(2,3)4;1-16(2)17-10-9-11-18(12-17)20-13-19(14-22(3,4)5)21(15-23-20)24(6,7)8;/h9-13,15-18H,5-8H2,1-4H3;9-10,12-13,15-16H,14H2,1-8H3;/q2*-1;/i1D3,7D2,8D2;14D2,16D;. The van der Waals surface area contributed by atoms with Gasteiger partial charge in [-0.15, -0.1) is 58.7 Å². The number of hydrogen-bond donors (Lipinski definition) is 0. The number of hydrogen-bond acceptors (Lipinski definition) is 4. The fourth-order valence-corrected chi connectivity index (χ4v) is 9.70. The molecule has 0 amide bonds. The zero-order valence-corrected chi connectivity index (χ0v) is 40.3. The van der Waals surface area contributed by atoms with E-state index in [1.54, 1.807) is 6.07 Å². The first-order chi connectivity index (χ1) is 31.1. The molecule has 3 nitrogen and oxygen atoms in total. The molecule has 3 aromatic carbocycles. The summed E-state index contributed by atoms with van der Waals surface area (Å²) in [5.41, 5.74) is 7.32. The fraction of sp³-hybridized carbons (Fsp3) is 0.377. The number of fused-ring (bicyclic) bond motifs is 4. The van der Waals surface area contributed by atoms with Crippen molar-refractivity contribution in [1.29, 1.82) is 0 Å². The maximum Gasteiger partial charge on any atom is 0.114 e. The minimum absolute atomic E-state index is 0. The van der Waals surface area contributed by atoms with Crippen molar-refractivity contribution in [2.75, 3.05) is 0 Å². The summed E-state index contributed by atoms with van der Waals surface area (Å²) in [5.74, 6) is -0.703. The maximum atomic E-state index is 8.86. The zero-order valence-electron chi connectivity index (χ0n) is 46.1. The van der Waals surface area contributed by atoms with Crippen LogP contribution in [0.25, 0.3) is 54.1 Å². The molecular weight excluding hydrogens is 931 g/mol. The molecule has 6 heteroatoms. The van der Waals surface area contributed by atoms with Gasteiger partial charge >= 0.3 is 0 Å². The van der Waals surface area contributed by atoms with Crippen molar-refractivity contribution >= 4 is 44.9 Å². The third-order valence-corrected chi connectivity index (χ3v) is 13.4. The summed E-state index contributed by atoms with van der Waals surface area (Å²) in [6, 6.07) is 29.2. The number of benzene rings is 3. The number of rotatable bonds is 6. The van der Waals surface area contributed by atoms with Gasteiger partial charge in [-0.3, -0.25) is 0 Å². The number of nitrogens with zero attached hydrogens (tertiary/aromatic N) is 3. The first-order valence-electron chi connectivity index (χ1n) is 25.1. The first-order valence-corrected chi connectivity index (χ1v) is 24.4. The van der Waals surface area contributed by atoms with Gasteiger partial charge in [-0.2, -0.15) is 11.3 Å². The molecule has 0 atom stereocenters. The van der Waals surface area contributed by atoms with Crippen molar-refractivity contribution in [2.45, 2.75) is 125 Å². The molecule has 0 fully saturated rings. The summed E-state index contributed by atoms with van der Waals surface area (Å²) >= 11 is 1.37. The Kier molecular flexibility index (Phi) is 9.85. The number of aryl methyl sites for hydroxylation is 3. The molecule has 0 N–H and O–H groups in total. The van der Waals surface area contributed by atoms with Gasteiger partial charge in [-0.25, -0.2) is 4.98 Å². The van der Waals surface area contributed by atoms with E-state index >= 15 is 0 Å². The average Bonchev–Trinajstić information content (AvgIpc) is 3.62. The Morgan fingerprint density at radius 1 is 0.864 bits per heavy atom. The van der Waals surface area contributed by atoms with Crippen molar-refractivity contribution in [1.82, 2.24) is 15.0 Å². The van der Waals surface area contributed by atoms with E-state index in [1.165, 1.54) is 29.2 Å². The van der Waals surface area contributed by atoms with E-state index in [2.05, 4.69) is 86.8 Å². The second-order valence-corrected chi connectivity index (χ2v) is 24.5. The van der Waals surface area contributed by atoms with Crippen molar-refractivity contribution in [3.8, 4) is 33.8 Å². The second-order valence-electron chi connectivity index (χ2n) is 18.5. The van der Waals surface area contributed by atoms with Gasteiger partial charge in [0.05, 0.1) is 13.8 Å². The van der Waals surface area contributed by atoms with Crippen LogP contribution >= 0.6 is 11.3 Å². The van der Waals surface area contributed by atoms with E-state index in [-0.39, 0.29) is 55.1 Å². The van der Waals surface area contributed by atoms with Crippen LogP contribution in [-0.2, 0) is 44.6 Å². The second kappa shape index (κ2) is 17.7. The summed E-state index contributed by atoms with van der Waals surface area (Å²) in [5, 5.41) is 2.35. The molecule has 0 saturated heterocycles. The minimum atomic E-state index is -2.38. The Hall–Kier alpha value is -3.80. The Bertz CT molecular complexity index is 3030. The SMILES string of the molecule is [2H]C(C)(C)c1cc[c-]c(-c2cc(C([2H])([2H])C(C)(C)C)c([Si](C)(C)C)cn2)c1.[2H]C([2H])([2H])c1c[c-]c(-c2cc3c(cn2)C([2H])([2H])CCC3([2H])[2H])c2sc3nc(-c4ccc(C(C)(C)C)cc4)ccc3c12.[Ir]. The summed E-state index contributed by atoms with van der Waals surface area (Å²) in [4.78, 5) is 14.8. The normalized spacial score (nSPS) is 18.1. The van der Waals surface area contributed by atoms with E-state index in [4.69, 9.17) is 18.7 Å². The van der Waals surface area contributed by atoms with E-state index in [1.807, 2.05) is 77.2 Å². The van der Waals surface area contributed by atoms with E-state index in [0.29, 0.717) is 31.9 Å². The molecule has 0 aliphatic heterocycles. The fourth-order valence-electron chi connectivity index (χ4n) is 7.10. The smallest absolute Gasteiger partial charge is 0.114 e. The molecule has 0 spiro atoms. The predicted molar refractivity (Wildman–Crippen MR) is 253 cm³/mol. The number of pyridine rings is 3. The Morgan fingerprint density at radius 3 is 2.24 bits per heavy atom. The largest absolute Gasteiger partial charge is 0.305 e. The molecule has 1 radical (unpaired) electrons. The van der Waals surface area contributed by atoms with Gasteiger partial charge < -0.3 is 9.97 Å². The van der Waals surface area contributed by atoms with Crippen LogP contribution in [0.4, 0.5) is 0 Å². The average molecular weight is 1000 g/mol. The van der Waals surface area contributed by atoms with Crippen LogP contribution in [0, 0.1) is 24.4 Å². The molecule has 0 saturated carbocycles. The van der Waals surface area contributed by atoms with Crippen LogP contribution < -0.4 is 5.19 Å². The summed E-state index contributed by atoms with van der Waals surface area (Å²) in [6.45, 7) is 20.3. The van der Waals surface area contributed by atoms with Crippen LogP contribution in [0.2, 0.25) is 19.6 Å². The van der Waals surface area contributed by atoms with Gasteiger partial charge in [0.2, 0.25) is 0 Å². The molecule has 4 heterocycles. The topological polar surface area (TPSA) is 38.7 Å². The summed E-state index contributed by atoms with van der Waals surface area (Å²) < 4.78 is 85.1. The monoisotopic (exact) mass is 1000 g/mol. The summed E-state index contributed by atoms with van der Waals surface area (Å²) in [6.07, 6.45) is -1.40. The van der Waals surface area contributed by atoms with Crippen molar-refractivity contribution in [3.05, 3.63) is 131 Å². The Balaban J connectivity index is 0.000000244. The quantitative estimate of drug-likeness (QED) is 0.123. The molecule has 7 aromatic rings. The van der Waals surface area contributed by atoms with Crippen LogP contribution in [0.15, 0.2) is 85.2 Å². The van der Waals surface area contributed by atoms with E-state index in [9.17, 15) is 0 Å². The molecular formula is C53H61IrN3SSi-2. The van der Waals surface area contributed by atoms with Crippen LogP contribution in [0.5, 0.6) is 0 Å². The molecule has 4 aromatic heterocycles. The van der Waals surface area contributed by atoms with Crippen molar-refractivity contribution in [2.24, 2.45) is 5.41 Å². The third kappa shape index (κ3) is 10.2. The summed E-state index contributed by atoms with van der Waals surface area (Å²) in [7, 11) is -1.77. The van der Waals surface area contributed by atoms with Gasteiger partial charge in [0, 0.05) is 57.2 Å². The van der Waals surface area contributed by atoms with Gasteiger partial charge in [0.15, 0.2) is 0 Å². The zero-order chi connectivity index (χ0) is 50.4. The molecule has 1 aliphatic carbocycles. The third-order valence-electron chi connectivity index (χ3n) is 10.3. The Labute approximate surface area is 387 Å². The van der Waals surface area contributed by atoms with Crippen LogP contribution in [-0.4, -0.2) is 23.0 Å². The molecule has 309 valence electrons. The first kappa shape index (κ1) is 32.9. The van der Waals surface area contributed by atoms with E-state index in [0.717, 1.165) is 38.5 Å². The molecule has 1 aliphatic rings. The van der Waals surface area contributed by atoms with Gasteiger partial charge in [0.1, 0.15) is 4.83 Å². The molecule has 59 heavy (non-hydrogen) atoms. The van der Waals surface area contributed by atoms with Crippen LogP contribution in [0.1, 0.15) is 121 Å². The molecule has 0 unspecified atom stereocenters. The number of aromatic nitrogens is 3. The van der Waals surface area contributed by atoms with Gasteiger partial charge in [-0.05, 0) is 87.2 Å².